The van der Waals surface area contributed by atoms with Crippen molar-refractivity contribution in [3.63, 3.8) is 0 Å². The minimum atomic E-state index is -5.47. The summed E-state index contributed by atoms with van der Waals surface area (Å²) in [4.78, 5) is 37.3. The summed E-state index contributed by atoms with van der Waals surface area (Å²) in [6.07, 6.45) is -4.66. The number of anilines is 1. The van der Waals surface area contributed by atoms with Crippen molar-refractivity contribution in [2.75, 3.05) is 18.4 Å². The normalized spacial score (nSPS) is 24.5. The quantitative estimate of drug-likeness (QED) is 0.268. The molecule has 3 aliphatic heterocycles. The molecule has 0 saturated carbocycles. The molecule has 3 heterocycles. The van der Waals surface area contributed by atoms with Gasteiger partial charge in [-0.05, 0) is 59.9 Å². The number of sulfonamides is 1. The van der Waals surface area contributed by atoms with E-state index < -0.39 is 68.7 Å². The van der Waals surface area contributed by atoms with Gasteiger partial charge in [-0.3, -0.25) is 9.59 Å². The first-order valence-electron chi connectivity index (χ1n) is 15.5. The summed E-state index contributed by atoms with van der Waals surface area (Å²) >= 11 is 12.5. The summed E-state index contributed by atoms with van der Waals surface area (Å²) in [7, 11) is -5.47. The number of fused-ring (bicyclic) bond motifs is 2. The molecule has 2 aromatic rings. The summed E-state index contributed by atoms with van der Waals surface area (Å²) in [5.41, 5.74) is -6.05. The number of nitrogens with one attached hydrogen (secondary N) is 2. The van der Waals surface area contributed by atoms with Gasteiger partial charge in [0, 0.05) is 42.2 Å². The maximum atomic E-state index is 15.9. The summed E-state index contributed by atoms with van der Waals surface area (Å²) in [5, 5.41) is 13.6. The molecule has 282 valence electrons. The second kappa shape index (κ2) is 14.4. The lowest BCUT2D eigenvalue weighted by Gasteiger charge is -2.38. The van der Waals surface area contributed by atoms with Crippen LogP contribution in [0.5, 0.6) is 0 Å². The van der Waals surface area contributed by atoms with Crippen LogP contribution < -0.4 is 10.6 Å². The van der Waals surface area contributed by atoms with Gasteiger partial charge in [0.1, 0.15) is 11.2 Å². The molecule has 2 aromatic carbocycles. The number of piperidine rings is 1. The van der Waals surface area contributed by atoms with E-state index in [0.717, 1.165) is 0 Å². The number of ketones is 1. The van der Waals surface area contributed by atoms with Crippen LogP contribution in [-0.4, -0.2) is 72.3 Å². The number of carbonyl (C=O) groups excluding carboxylic acids is 2. The zero-order valence-electron chi connectivity index (χ0n) is 27.3. The van der Waals surface area contributed by atoms with Crippen molar-refractivity contribution in [3.05, 3.63) is 63.4 Å². The number of carboxylic acids is 1. The smallest absolute Gasteiger partial charge is 0.475 e. The summed E-state index contributed by atoms with van der Waals surface area (Å²) in [5.74, 6) is -5.72. The molecule has 0 bridgehead atoms. The lowest BCUT2D eigenvalue weighted by molar-refractivity contribution is -0.192. The Kier molecular flexibility index (Phi) is 11.5. The molecule has 1 amide bonds. The molecule has 0 aromatic heterocycles. The number of Topliss-reactive ketones (excluding diaryl/α,β-unsaturated/α-hetero) is 1. The number of carboxylic acid groups (broad SMARTS) is 1. The molecule has 2 saturated heterocycles. The fraction of sp³-hybridized carbons (Fsp3) is 0.531. The molecule has 1 spiro atoms. The number of rotatable bonds is 6. The first kappa shape index (κ1) is 40.8. The van der Waals surface area contributed by atoms with Crippen LogP contribution in [-0.2, 0) is 29.8 Å². The third-order valence-electron chi connectivity index (χ3n) is 9.22. The third kappa shape index (κ3) is 8.16. The monoisotopic (exact) mass is 791 g/mol. The van der Waals surface area contributed by atoms with Gasteiger partial charge in [-0.15, -0.1) is 0 Å². The number of hydrogen-bond acceptors (Lipinski definition) is 6. The lowest BCUT2D eigenvalue weighted by Crippen LogP contribution is -2.49. The Labute approximate surface area is 298 Å². The van der Waals surface area contributed by atoms with E-state index in [1.54, 1.807) is 24.3 Å². The van der Waals surface area contributed by atoms with E-state index in [1.807, 2.05) is 20.8 Å². The number of aliphatic carboxylic acids is 1. The minimum absolute atomic E-state index is 0.0440. The Bertz CT molecular complexity index is 1790. The van der Waals surface area contributed by atoms with Crippen LogP contribution in [0.1, 0.15) is 63.5 Å². The third-order valence-corrected chi connectivity index (χ3v) is 11.4. The number of alkyl halides is 6. The molecule has 3 N–H and O–H groups in total. The van der Waals surface area contributed by atoms with Gasteiger partial charge in [-0.25, -0.2) is 17.6 Å². The van der Waals surface area contributed by atoms with E-state index in [0.29, 0.717) is 27.0 Å². The van der Waals surface area contributed by atoms with Gasteiger partial charge in [-0.1, -0.05) is 62.2 Å². The van der Waals surface area contributed by atoms with Crippen LogP contribution >= 0.6 is 23.2 Å². The number of nitrogens with zero attached hydrogens (tertiary/aromatic N) is 1. The van der Waals surface area contributed by atoms with Crippen LogP contribution in [0.4, 0.5) is 36.4 Å². The zero-order chi connectivity index (χ0) is 38.5. The fourth-order valence-corrected chi connectivity index (χ4v) is 8.45. The van der Waals surface area contributed by atoms with E-state index in [-0.39, 0.29) is 54.1 Å². The van der Waals surface area contributed by atoms with Crippen molar-refractivity contribution in [1.82, 2.24) is 9.62 Å². The highest BCUT2D eigenvalue weighted by Gasteiger charge is 2.66. The van der Waals surface area contributed by atoms with Gasteiger partial charge in [-0.2, -0.15) is 30.6 Å². The summed E-state index contributed by atoms with van der Waals surface area (Å²) in [6.45, 7) is 5.22. The van der Waals surface area contributed by atoms with E-state index in [2.05, 4.69) is 10.6 Å². The highest BCUT2D eigenvalue weighted by Crippen LogP contribution is 2.57. The van der Waals surface area contributed by atoms with Gasteiger partial charge in [0.2, 0.25) is 5.91 Å². The van der Waals surface area contributed by atoms with Crippen molar-refractivity contribution in [2.24, 2.45) is 11.3 Å². The average Bonchev–Trinajstić information content (AvgIpc) is 3.47. The van der Waals surface area contributed by atoms with Crippen molar-refractivity contribution >= 4 is 56.6 Å². The van der Waals surface area contributed by atoms with E-state index >= 15 is 4.39 Å². The van der Waals surface area contributed by atoms with Crippen LogP contribution in [0, 0.1) is 17.2 Å². The molecule has 2 fully saturated rings. The molecule has 51 heavy (non-hydrogen) atoms. The summed E-state index contributed by atoms with van der Waals surface area (Å²) < 4.78 is 111. The fourth-order valence-electron chi connectivity index (χ4n) is 7.12. The van der Waals surface area contributed by atoms with Crippen LogP contribution in [0.3, 0.4) is 0 Å². The van der Waals surface area contributed by atoms with Crippen LogP contribution in [0.2, 0.25) is 10.0 Å². The van der Waals surface area contributed by atoms with E-state index in [9.17, 15) is 44.3 Å². The Balaban J connectivity index is 0.000000755. The highest BCUT2D eigenvalue weighted by molar-refractivity contribution is 7.90. The molecule has 0 unspecified atom stereocenters. The first-order chi connectivity index (χ1) is 23.3. The van der Waals surface area contributed by atoms with Gasteiger partial charge in [0.25, 0.3) is 0 Å². The highest BCUT2D eigenvalue weighted by atomic mass is 35.5. The van der Waals surface area contributed by atoms with E-state index in [1.165, 1.54) is 12.1 Å². The predicted molar refractivity (Wildman–Crippen MR) is 173 cm³/mol. The van der Waals surface area contributed by atoms with Crippen LogP contribution in [0.25, 0.3) is 0 Å². The van der Waals surface area contributed by atoms with E-state index in [4.69, 9.17) is 33.1 Å². The predicted octanol–water partition coefficient (Wildman–Crippen LogP) is 7.04. The topological polar surface area (TPSA) is 133 Å². The molecule has 0 radical (unpaired) electrons. The molecular formula is C32H34Cl2F7N3O6S. The number of carbonyl (C=O) groups is 3. The second-order valence-electron chi connectivity index (χ2n) is 13.9. The SMILES string of the molecule is CC(C)(C)C[C@H]1N[C@@H](C(=O)CC2CCN(S(=O)(=O)C(F)(F)F)CC2)[C@H](c2cccc(Cl)c2F)[C@@]12C(=O)Nc1cc(Cl)ccc12.O=C(O)C(F)(F)F. The molecule has 19 heteroatoms. The number of amides is 1. The Morgan fingerprint density at radius 2 is 1.61 bits per heavy atom. The number of hydrogen-bond donors (Lipinski definition) is 3. The lowest BCUT2D eigenvalue weighted by atomic mass is 9.62. The maximum Gasteiger partial charge on any atom is 0.511 e. The zero-order valence-corrected chi connectivity index (χ0v) is 29.6. The molecule has 5 rings (SSSR count). The molecule has 3 aliphatic rings. The average molecular weight is 793 g/mol. The molecular weight excluding hydrogens is 758 g/mol. The molecule has 4 atom stereocenters. The first-order valence-corrected chi connectivity index (χ1v) is 17.7. The Hall–Kier alpha value is -2.99. The Morgan fingerprint density at radius 3 is 2.14 bits per heavy atom. The molecule has 9 nitrogen and oxygen atoms in total. The van der Waals surface area contributed by atoms with Crippen LogP contribution in [0.15, 0.2) is 36.4 Å². The number of benzene rings is 2. The maximum absolute atomic E-state index is 15.9. The minimum Gasteiger partial charge on any atom is -0.475 e. The largest absolute Gasteiger partial charge is 0.511 e. The van der Waals surface area contributed by atoms with Crippen molar-refractivity contribution < 1.29 is 58.6 Å². The Morgan fingerprint density at radius 1 is 1.02 bits per heavy atom. The van der Waals surface area contributed by atoms with Crippen molar-refractivity contribution in [2.45, 2.75) is 81.6 Å². The van der Waals surface area contributed by atoms with Gasteiger partial charge >= 0.3 is 27.7 Å². The van der Waals surface area contributed by atoms with Gasteiger partial charge < -0.3 is 15.7 Å². The van der Waals surface area contributed by atoms with Gasteiger partial charge in [0.05, 0.1) is 11.1 Å². The second-order valence-corrected chi connectivity index (χ2v) is 16.6. The standard InChI is InChI=1S/C30H33Cl2F4N3O4S.C2HF3O2/c1-28(2,3)15-23-29(19-8-7-17(31)14-21(19)37-27(29)41)24(18-5-4-6-20(32)25(18)33)26(38-23)22(40)13-16-9-11-39(12-10-16)44(42,43)30(34,35)36;3-2(4,5)1(6)7/h4-8,14,16,23-24,26,38H,9-13,15H2,1-3H3,(H,37,41);(H,6,7)/t23-,24+,26+,29+;/m1./s1. The van der Waals surface area contributed by atoms with Crippen molar-refractivity contribution in [3.8, 4) is 0 Å². The number of halogens is 9. The van der Waals surface area contributed by atoms with Crippen molar-refractivity contribution in [1.29, 1.82) is 0 Å². The summed E-state index contributed by atoms with van der Waals surface area (Å²) in [6, 6.07) is 7.73. The molecule has 0 aliphatic carbocycles. The van der Waals surface area contributed by atoms with Gasteiger partial charge in [0.15, 0.2) is 5.78 Å².